The van der Waals surface area contributed by atoms with Crippen LogP contribution in [0.5, 0.6) is 11.8 Å². The molecule has 0 amide bonds. The highest BCUT2D eigenvalue weighted by Crippen LogP contribution is 2.32. The molecular weight excluding hydrogens is 408 g/mol. The van der Waals surface area contributed by atoms with Crippen LogP contribution in [0.1, 0.15) is 26.5 Å². The van der Waals surface area contributed by atoms with E-state index in [1.807, 2.05) is 0 Å². The number of hydrogen-bond acceptors (Lipinski definition) is 8. The maximum atomic E-state index is 12.9. The molecule has 0 bridgehead atoms. The quantitative estimate of drug-likeness (QED) is 0.572. The van der Waals surface area contributed by atoms with Crippen LogP contribution in [0.15, 0.2) is 23.5 Å². The third kappa shape index (κ3) is 4.09. The van der Waals surface area contributed by atoms with Gasteiger partial charge in [0.05, 0.1) is 12.7 Å². The fraction of sp³-hybridized carbons (Fsp3) is 0.375. The van der Waals surface area contributed by atoms with Crippen LogP contribution in [-0.2, 0) is 10.0 Å². The summed E-state index contributed by atoms with van der Waals surface area (Å²) in [6.45, 7) is 7.48. The smallest absolute Gasteiger partial charge is 0.319 e. The van der Waals surface area contributed by atoms with E-state index in [2.05, 4.69) is 24.8 Å². The molecule has 0 unspecified atom stereocenters. The summed E-state index contributed by atoms with van der Waals surface area (Å²) in [4.78, 5) is 12.2. The molecule has 12 heteroatoms. The maximum Gasteiger partial charge on any atom is 0.319 e. The standard InChI is InChI=1S/C16H19ClN6O4S/c1-5-26-16-19-10(4)8-12-20-15(21-23(12)16)28(24,25)22-13-11(27-9(2)3)6-7-18-14(13)17/h6-9,22H,5H2,1-4H3. The van der Waals surface area contributed by atoms with E-state index in [4.69, 9.17) is 21.1 Å². The van der Waals surface area contributed by atoms with Crippen LogP contribution in [0.2, 0.25) is 5.15 Å². The number of sulfonamides is 1. The largest absolute Gasteiger partial charge is 0.489 e. The summed E-state index contributed by atoms with van der Waals surface area (Å²) in [7, 11) is -4.18. The van der Waals surface area contributed by atoms with Gasteiger partial charge < -0.3 is 9.47 Å². The molecule has 0 radical (unpaired) electrons. The first-order valence-electron chi connectivity index (χ1n) is 8.42. The number of anilines is 1. The minimum absolute atomic E-state index is 0.0102. The normalized spacial score (nSPS) is 11.8. The van der Waals surface area contributed by atoms with Crippen molar-refractivity contribution in [2.45, 2.75) is 39.0 Å². The highest BCUT2D eigenvalue weighted by atomic mass is 35.5. The van der Waals surface area contributed by atoms with Gasteiger partial charge in [0.15, 0.2) is 10.8 Å². The molecule has 0 saturated carbocycles. The van der Waals surface area contributed by atoms with Crippen LogP contribution in [0.25, 0.3) is 5.65 Å². The summed E-state index contributed by atoms with van der Waals surface area (Å²) in [5.74, 6) is 0.245. The average Bonchev–Trinajstić information content (AvgIpc) is 3.03. The SMILES string of the molecule is CCOc1nc(C)cc2nc(S(=O)(=O)Nc3c(OC(C)C)ccnc3Cl)nn12. The number of ether oxygens (including phenoxy) is 2. The summed E-state index contributed by atoms with van der Waals surface area (Å²) >= 11 is 6.08. The average molecular weight is 427 g/mol. The van der Waals surface area contributed by atoms with Crippen molar-refractivity contribution in [3.05, 3.63) is 29.2 Å². The minimum atomic E-state index is -4.18. The molecule has 0 atom stereocenters. The number of hydrogen-bond donors (Lipinski definition) is 1. The van der Waals surface area contributed by atoms with Gasteiger partial charge in [-0.2, -0.15) is 17.9 Å². The zero-order valence-corrected chi connectivity index (χ0v) is 17.2. The van der Waals surface area contributed by atoms with Crippen molar-refractivity contribution in [2.75, 3.05) is 11.3 Å². The number of pyridine rings is 1. The fourth-order valence-electron chi connectivity index (χ4n) is 2.34. The van der Waals surface area contributed by atoms with E-state index in [1.54, 1.807) is 33.8 Å². The Morgan fingerprint density at radius 3 is 2.75 bits per heavy atom. The van der Waals surface area contributed by atoms with Gasteiger partial charge in [-0.3, -0.25) is 4.72 Å². The van der Waals surface area contributed by atoms with Crippen molar-refractivity contribution >= 4 is 33.0 Å². The molecule has 3 rings (SSSR count). The van der Waals surface area contributed by atoms with E-state index in [1.165, 1.54) is 16.8 Å². The van der Waals surface area contributed by atoms with Gasteiger partial charge in [0.1, 0.15) is 11.4 Å². The lowest BCUT2D eigenvalue weighted by Crippen LogP contribution is -2.17. The Morgan fingerprint density at radius 2 is 2.07 bits per heavy atom. The Hall–Kier alpha value is -2.66. The summed E-state index contributed by atoms with van der Waals surface area (Å²) in [5.41, 5.74) is 0.909. The Morgan fingerprint density at radius 1 is 1.32 bits per heavy atom. The van der Waals surface area contributed by atoms with E-state index in [9.17, 15) is 8.42 Å². The van der Waals surface area contributed by atoms with Gasteiger partial charge in [-0.1, -0.05) is 11.6 Å². The van der Waals surface area contributed by atoms with Crippen molar-refractivity contribution < 1.29 is 17.9 Å². The predicted molar refractivity (Wildman–Crippen MR) is 103 cm³/mol. The number of rotatable bonds is 7. The zero-order valence-electron chi connectivity index (χ0n) is 15.7. The number of aromatic nitrogens is 5. The molecule has 3 aromatic rings. The molecular formula is C16H19ClN6O4S. The third-order valence-electron chi connectivity index (χ3n) is 3.38. The number of aryl methyl sites for hydroxylation is 1. The summed E-state index contributed by atoms with van der Waals surface area (Å²) in [5, 5.41) is 3.50. The van der Waals surface area contributed by atoms with Crippen molar-refractivity contribution in [3.63, 3.8) is 0 Å². The van der Waals surface area contributed by atoms with Gasteiger partial charge in [-0.05, 0) is 27.7 Å². The lowest BCUT2D eigenvalue weighted by Gasteiger charge is -2.15. The van der Waals surface area contributed by atoms with E-state index >= 15 is 0 Å². The highest BCUT2D eigenvalue weighted by Gasteiger charge is 2.25. The molecule has 3 aromatic heterocycles. The topological polar surface area (TPSA) is 121 Å². The predicted octanol–water partition coefficient (Wildman–Crippen LogP) is 2.47. The molecule has 0 aliphatic rings. The molecule has 28 heavy (non-hydrogen) atoms. The van der Waals surface area contributed by atoms with Crippen molar-refractivity contribution in [2.24, 2.45) is 0 Å². The summed E-state index contributed by atoms with van der Waals surface area (Å²) < 4.78 is 40.3. The third-order valence-corrected chi connectivity index (χ3v) is 4.80. The first kappa shape index (κ1) is 20.1. The first-order valence-corrected chi connectivity index (χ1v) is 10.3. The van der Waals surface area contributed by atoms with Gasteiger partial charge in [-0.25, -0.2) is 9.97 Å². The minimum Gasteiger partial charge on any atom is -0.489 e. The van der Waals surface area contributed by atoms with Crippen LogP contribution < -0.4 is 14.2 Å². The van der Waals surface area contributed by atoms with Crippen LogP contribution in [-0.4, -0.2) is 45.7 Å². The Labute approximate surface area is 166 Å². The lowest BCUT2D eigenvalue weighted by atomic mass is 10.4. The highest BCUT2D eigenvalue weighted by molar-refractivity contribution is 7.92. The molecule has 0 spiro atoms. The second-order valence-electron chi connectivity index (χ2n) is 6.02. The van der Waals surface area contributed by atoms with E-state index in [0.29, 0.717) is 12.3 Å². The molecule has 10 nitrogen and oxygen atoms in total. The lowest BCUT2D eigenvalue weighted by molar-refractivity contribution is 0.243. The van der Waals surface area contributed by atoms with E-state index in [-0.39, 0.29) is 34.4 Å². The number of fused-ring (bicyclic) bond motifs is 1. The molecule has 3 heterocycles. The van der Waals surface area contributed by atoms with Gasteiger partial charge in [0.2, 0.25) is 0 Å². The zero-order chi connectivity index (χ0) is 20.5. The molecule has 0 aliphatic heterocycles. The summed E-state index contributed by atoms with van der Waals surface area (Å²) in [6, 6.07) is 3.26. The molecule has 0 aliphatic carbocycles. The van der Waals surface area contributed by atoms with E-state index in [0.717, 1.165) is 0 Å². The number of halogens is 1. The molecule has 0 saturated heterocycles. The Bertz CT molecular complexity index is 1120. The summed E-state index contributed by atoms with van der Waals surface area (Å²) in [6.07, 6.45) is 1.22. The van der Waals surface area contributed by atoms with Gasteiger partial charge in [0, 0.05) is 24.0 Å². The number of nitrogens with one attached hydrogen (secondary N) is 1. The molecule has 0 aromatic carbocycles. The second kappa shape index (κ2) is 7.76. The van der Waals surface area contributed by atoms with Gasteiger partial charge in [0.25, 0.3) is 15.2 Å². The molecule has 1 N–H and O–H groups in total. The molecule has 150 valence electrons. The maximum absolute atomic E-state index is 12.9. The molecule has 0 fully saturated rings. The first-order chi connectivity index (χ1) is 13.2. The van der Waals surface area contributed by atoms with Crippen LogP contribution in [0, 0.1) is 6.92 Å². The van der Waals surface area contributed by atoms with Gasteiger partial charge >= 0.3 is 6.01 Å². The van der Waals surface area contributed by atoms with Gasteiger partial charge in [-0.15, -0.1) is 5.10 Å². The van der Waals surface area contributed by atoms with Crippen LogP contribution >= 0.6 is 11.6 Å². The Kier molecular flexibility index (Phi) is 5.57. The van der Waals surface area contributed by atoms with Crippen molar-refractivity contribution in [1.29, 1.82) is 0 Å². The Balaban J connectivity index is 2.04. The monoisotopic (exact) mass is 426 g/mol. The fourth-order valence-corrected chi connectivity index (χ4v) is 3.55. The van der Waals surface area contributed by atoms with Crippen molar-refractivity contribution in [3.8, 4) is 11.8 Å². The van der Waals surface area contributed by atoms with E-state index < -0.39 is 15.2 Å². The van der Waals surface area contributed by atoms with Crippen LogP contribution in [0.4, 0.5) is 5.69 Å². The number of nitrogens with zero attached hydrogens (tertiary/aromatic N) is 5. The second-order valence-corrected chi connectivity index (χ2v) is 7.96. The van der Waals surface area contributed by atoms with Crippen LogP contribution in [0.3, 0.4) is 0 Å². The van der Waals surface area contributed by atoms with Crippen molar-refractivity contribution in [1.82, 2.24) is 24.6 Å².